The molecule has 270 valence electrons. The number of amides is 3. The Morgan fingerprint density at radius 1 is 0.854 bits per heavy atom. The fourth-order valence-electron chi connectivity index (χ4n) is 5.53. The zero-order chi connectivity index (χ0) is 35.9. The molecule has 1 aliphatic rings. The summed E-state index contributed by atoms with van der Waals surface area (Å²) < 4.78 is 16.5. The Balaban J connectivity index is 1.96. The Labute approximate surface area is 288 Å². The van der Waals surface area contributed by atoms with Gasteiger partial charge in [-0.3, -0.25) is 14.4 Å². The maximum Gasteiger partial charge on any atom is 0.418 e. The molecule has 1 aliphatic heterocycles. The maximum atomic E-state index is 13.7. The lowest BCUT2D eigenvalue weighted by Crippen LogP contribution is -2.55. The summed E-state index contributed by atoms with van der Waals surface area (Å²) in [4.78, 5) is 66.5. The molecule has 10 heteroatoms. The number of hydrogen-bond donors (Lipinski definition) is 1. The zero-order valence-corrected chi connectivity index (χ0v) is 30.7. The van der Waals surface area contributed by atoms with Crippen LogP contribution in [-0.4, -0.2) is 58.9 Å². The first-order valence-corrected chi connectivity index (χ1v) is 18.0. The Morgan fingerprint density at radius 3 is 1.83 bits per heavy atom. The molecule has 1 fully saturated rings. The molecule has 0 radical (unpaired) electrons. The van der Waals surface area contributed by atoms with Crippen LogP contribution in [0, 0.1) is 5.41 Å². The number of nitrogens with one attached hydrogen (secondary N) is 1. The first-order chi connectivity index (χ1) is 22.6. The van der Waals surface area contributed by atoms with Gasteiger partial charge in [0.15, 0.2) is 17.4 Å². The Morgan fingerprint density at radius 2 is 1.38 bits per heavy atom. The Kier molecular flexibility index (Phi) is 16.6. The van der Waals surface area contributed by atoms with Crippen LogP contribution in [0.5, 0.6) is 5.75 Å². The number of carbonyl (C=O) groups is 5. The first-order valence-electron chi connectivity index (χ1n) is 18.0. The first kappa shape index (κ1) is 40.7. The van der Waals surface area contributed by atoms with Crippen molar-refractivity contribution in [3.63, 3.8) is 0 Å². The van der Waals surface area contributed by atoms with Gasteiger partial charge < -0.3 is 19.5 Å². The van der Waals surface area contributed by atoms with E-state index >= 15 is 0 Å². The van der Waals surface area contributed by atoms with Crippen LogP contribution in [-0.2, 0) is 23.9 Å². The summed E-state index contributed by atoms with van der Waals surface area (Å²) in [5, 5.41) is 2.64. The van der Waals surface area contributed by atoms with Gasteiger partial charge in [0.1, 0.15) is 5.75 Å². The van der Waals surface area contributed by atoms with Crippen LogP contribution in [0.2, 0.25) is 0 Å². The van der Waals surface area contributed by atoms with Crippen LogP contribution in [0.1, 0.15) is 156 Å². The van der Waals surface area contributed by atoms with E-state index in [0.29, 0.717) is 4.90 Å². The lowest BCUT2D eigenvalue weighted by atomic mass is 9.85. The average molecular weight is 673 g/mol. The number of Topliss-reactive ketones (excluding diaryl/α,β-unsaturated/α-hetero) is 1. The van der Waals surface area contributed by atoms with E-state index in [0.717, 1.165) is 19.3 Å². The van der Waals surface area contributed by atoms with E-state index in [4.69, 9.17) is 14.2 Å². The van der Waals surface area contributed by atoms with Crippen LogP contribution < -0.4 is 10.1 Å². The van der Waals surface area contributed by atoms with Crippen molar-refractivity contribution in [2.75, 3.05) is 11.9 Å². The fraction of sp³-hybridized carbons (Fsp3) is 0.711. The summed E-state index contributed by atoms with van der Waals surface area (Å²) in [5.41, 5.74) is -2.32. The molecule has 2 rings (SSSR count). The number of anilines is 1. The van der Waals surface area contributed by atoms with Crippen LogP contribution in [0.25, 0.3) is 0 Å². The lowest BCUT2D eigenvalue weighted by molar-refractivity contribution is -0.145. The molecule has 0 spiro atoms. The van der Waals surface area contributed by atoms with Crippen molar-refractivity contribution < 1.29 is 38.2 Å². The highest BCUT2D eigenvalue weighted by atomic mass is 16.6. The number of rotatable bonds is 22. The molecule has 1 aromatic rings. The number of cyclic esters (lactones) is 1. The number of ether oxygens (including phenoxy) is 3. The van der Waals surface area contributed by atoms with Crippen molar-refractivity contribution in [1.82, 2.24) is 4.90 Å². The van der Waals surface area contributed by atoms with E-state index in [1.165, 1.54) is 96.6 Å². The summed E-state index contributed by atoms with van der Waals surface area (Å²) in [5.74, 6) is -2.69. The molecule has 0 bridgehead atoms. The predicted molar refractivity (Wildman–Crippen MR) is 187 cm³/mol. The van der Waals surface area contributed by atoms with Crippen molar-refractivity contribution in [3.8, 4) is 5.75 Å². The Hall–Kier alpha value is -3.43. The van der Waals surface area contributed by atoms with Crippen LogP contribution in [0.3, 0.4) is 0 Å². The van der Waals surface area contributed by atoms with Gasteiger partial charge in [-0.1, -0.05) is 111 Å². The number of benzene rings is 1. The van der Waals surface area contributed by atoms with Gasteiger partial charge in [0, 0.05) is 5.41 Å². The SMILES string of the molecule is CCCCCCCCCCCCCCCCOC(=O)c1ccc(OC(C)C)c(NC(=O)C(C(=O)C(C)(C)C)N2C(=O)OC(C)(C)C2=O)c1. The van der Waals surface area contributed by atoms with Gasteiger partial charge in [0.05, 0.1) is 24.0 Å². The van der Waals surface area contributed by atoms with Gasteiger partial charge in [-0.15, -0.1) is 0 Å². The predicted octanol–water partition coefficient (Wildman–Crippen LogP) is 8.79. The third-order valence-corrected chi connectivity index (χ3v) is 8.33. The van der Waals surface area contributed by atoms with Gasteiger partial charge >= 0.3 is 12.1 Å². The van der Waals surface area contributed by atoms with Gasteiger partial charge in [-0.05, 0) is 52.3 Å². The summed E-state index contributed by atoms with van der Waals surface area (Å²) in [6, 6.07) is 2.70. The second-order valence-corrected chi connectivity index (χ2v) is 14.7. The topological polar surface area (TPSA) is 128 Å². The second kappa shape index (κ2) is 19.5. The minimum absolute atomic E-state index is 0.102. The molecule has 48 heavy (non-hydrogen) atoms. The van der Waals surface area contributed by atoms with Crippen molar-refractivity contribution in [2.45, 2.75) is 163 Å². The molecule has 0 saturated carbocycles. The third-order valence-electron chi connectivity index (χ3n) is 8.33. The molecule has 3 amide bonds. The smallest absolute Gasteiger partial charge is 0.418 e. The van der Waals surface area contributed by atoms with Crippen LogP contribution >= 0.6 is 0 Å². The van der Waals surface area contributed by atoms with E-state index in [-0.39, 0.29) is 29.7 Å². The summed E-state index contributed by atoms with van der Waals surface area (Å²) in [7, 11) is 0. The van der Waals surface area contributed by atoms with E-state index in [1.54, 1.807) is 40.7 Å². The summed E-state index contributed by atoms with van der Waals surface area (Å²) in [6.07, 6.45) is 15.9. The van der Waals surface area contributed by atoms with Gasteiger partial charge in [0.2, 0.25) is 0 Å². The molecule has 1 unspecified atom stereocenters. The molecule has 1 atom stereocenters. The number of unbranched alkanes of at least 4 members (excludes halogenated alkanes) is 13. The quantitative estimate of drug-likeness (QED) is 0.0735. The van der Waals surface area contributed by atoms with Crippen molar-refractivity contribution >= 4 is 35.3 Å². The van der Waals surface area contributed by atoms with E-state index in [1.807, 2.05) is 0 Å². The fourth-order valence-corrected chi connectivity index (χ4v) is 5.53. The highest BCUT2D eigenvalue weighted by Gasteiger charge is 2.55. The molecular weight excluding hydrogens is 612 g/mol. The average Bonchev–Trinajstić information content (AvgIpc) is 3.20. The Bertz CT molecular complexity index is 1230. The minimum atomic E-state index is -1.80. The molecule has 1 N–H and O–H groups in total. The minimum Gasteiger partial charge on any atom is -0.489 e. The standard InChI is InChI=1S/C38H60N2O8/c1-9-10-11-12-13-14-15-16-17-18-19-20-21-22-25-46-34(43)28-23-24-30(47-27(2)3)29(26-28)39-33(42)31(32(41)37(4,5)6)40-35(44)38(7,8)48-36(40)45/h23-24,26-27,31H,9-22,25H2,1-8H3,(H,39,42). The number of hydrogen-bond acceptors (Lipinski definition) is 8. The van der Waals surface area contributed by atoms with Gasteiger partial charge in [-0.25, -0.2) is 14.5 Å². The third kappa shape index (κ3) is 12.9. The normalized spacial score (nSPS) is 15.0. The highest BCUT2D eigenvalue weighted by molar-refractivity contribution is 6.19. The van der Waals surface area contributed by atoms with Gasteiger partial charge in [0.25, 0.3) is 11.8 Å². The second-order valence-electron chi connectivity index (χ2n) is 14.7. The van der Waals surface area contributed by atoms with Crippen molar-refractivity contribution in [3.05, 3.63) is 23.8 Å². The van der Waals surface area contributed by atoms with E-state index in [9.17, 15) is 24.0 Å². The maximum absolute atomic E-state index is 13.7. The monoisotopic (exact) mass is 672 g/mol. The molecule has 1 aromatic carbocycles. The zero-order valence-electron chi connectivity index (χ0n) is 30.7. The molecular formula is C38H60N2O8. The molecule has 10 nitrogen and oxygen atoms in total. The van der Waals surface area contributed by atoms with E-state index in [2.05, 4.69) is 12.2 Å². The van der Waals surface area contributed by atoms with Gasteiger partial charge in [-0.2, -0.15) is 0 Å². The number of esters is 1. The number of imide groups is 1. The highest BCUT2D eigenvalue weighted by Crippen LogP contribution is 2.32. The van der Waals surface area contributed by atoms with Crippen molar-refractivity contribution in [2.24, 2.45) is 5.41 Å². The van der Waals surface area contributed by atoms with E-state index < -0.39 is 46.7 Å². The summed E-state index contributed by atoms with van der Waals surface area (Å²) in [6.45, 7) is 13.7. The van der Waals surface area contributed by atoms with Crippen LogP contribution in [0.4, 0.5) is 10.5 Å². The molecule has 0 aromatic heterocycles. The number of carbonyl (C=O) groups excluding carboxylic acids is 5. The molecule has 1 saturated heterocycles. The molecule has 1 heterocycles. The van der Waals surface area contributed by atoms with Crippen molar-refractivity contribution in [1.29, 1.82) is 0 Å². The summed E-state index contributed by atoms with van der Waals surface area (Å²) >= 11 is 0. The number of nitrogens with zero attached hydrogens (tertiary/aromatic N) is 1. The van der Waals surface area contributed by atoms with Crippen LogP contribution in [0.15, 0.2) is 18.2 Å². The number of ketones is 1. The largest absolute Gasteiger partial charge is 0.489 e. The lowest BCUT2D eigenvalue weighted by Gasteiger charge is -2.28. The molecule has 0 aliphatic carbocycles.